The van der Waals surface area contributed by atoms with Crippen molar-refractivity contribution < 1.29 is 24.9 Å². The fraction of sp³-hybridized carbons (Fsp3) is 0.0952. The predicted octanol–water partition coefficient (Wildman–Crippen LogP) is 5.53. The van der Waals surface area contributed by atoms with Crippen LogP contribution >= 0.6 is 34.8 Å². The Morgan fingerprint density at radius 1 is 0.867 bits per heavy atom. The molecule has 0 aromatic heterocycles. The normalized spacial score (nSPS) is 10.6. The van der Waals surface area contributed by atoms with Gasteiger partial charge in [0.15, 0.2) is 5.75 Å². The van der Waals surface area contributed by atoms with Crippen molar-refractivity contribution in [2.75, 3.05) is 6.54 Å². The van der Waals surface area contributed by atoms with Crippen molar-refractivity contribution in [1.82, 2.24) is 5.32 Å². The van der Waals surface area contributed by atoms with Gasteiger partial charge < -0.3 is 25.4 Å². The molecule has 0 saturated carbocycles. The molecule has 6 nitrogen and oxygen atoms in total. The minimum Gasteiger partial charge on any atom is -0.507 e. The van der Waals surface area contributed by atoms with Gasteiger partial charge in [0.1, 0.15) is 33.6 Å². The van der Waals surface area contributed by atoms with E-state index in [1.54, 1.807) is 30.3 Å². The van der Waals surface area contributed by atoms with Gasteiger partial charge in [-0.05, 0) is 42.3 Å². The molecule has 3 aromatic carbocycles. The van der Waals surface area contributed by atoms with Crippen LogP contribution in [0.4, 0.5) is 0 Å². The lowest BCUT2D eigenvalue weighted by Crippen LogP contribution is -2.25. The van der Waals surface area contributed by atoms with Crippen molar-refractivity contribution in [2.24, 2.45) is 0 Å². The summed E-state index contributed by atoms with van der Waals surface area (Å²) in [6.45, 7) is 0.236. The van der Waals surface area contributed by atoms with Crippen molar-refractivity contribution in [1.29, 1.82) is 0 Å². The van der Waals surface area contributed by atoms with Crippen LogP contribution < -0.4 is 10.1 Å². The van der Waals surface area contributed by atoms with Crippen LogP contribution in [-0.2, 0) is 6.42 Å². The molecule has 0 spiro atoms. The van der Waals surface area contributed by atoms with Gasteiger partial charge in [-0.1, -0.05) is 46.9 Å². The Labute approximate surface area is 187 Å². The Morgan fingerprint density at radius 2 is 1.50 bits per heavy atom. The molecule has 0 aliphatic carbocycles. The summed E-state index contributed by atoms with van der Waals surface area (Å²) in [5.74, 6) is -1.39. The van der Waals surface area contributed by atoms with Crippen LogP contribution in [-0.4, -0.2) is 27.8 Å². The molecule has 0 bridgehead atoms. The van der Waals surface area contributed by atoms with E-state index in [1.807, 2.05) is 12.1 Å². The molecule has 156 valence electrons. The lowest BCUT2D eigenvalue weighted by Gasteiger charge is -2.11. The van der Waals surface area contributed by atoms with Gasteiger partial charge in [-0.15, -0.1) is 0 Å². The van der Waals surface area contributed by atoms with E-state index in [1.165, 1.54) is 0 Å². The van der Waals surface area contributed by atoms with E-state index in [0.29, 0.717) is 28.0 Å². The van der Waals surface area contributed by atoms with Gasteiger partial charge in [0, 0.05) is 22.7 Å². The summed E-state index contributed by atoms with van der Waals surface area (Å²) in [5.41, 5.74) is 0.519. The number of carbonyl (C=O) groups excluding carboxylic acids is 1. The first kappa shape index (κ1) is 21.9. The average molecular weight is 469 g/mol. The Morgan fingerprint density at radius 3 is 2.13 bits per heavy atom. The summed E-state index contributed by atoms with van der Waals surface area (Å²) in [6, 6.07) is 13.0. The van der Waals surface area contributed by atoms with Gasteiger partial charge in [-0.25, -0.2) is 0 Å². The van der Waals surface area contributed by atoms with Crippen molar-refractivity contribution >= 4 is 40.7 Å². The third kappa shape index (κ3) is 5.21. The molecule has 0 radical (unpaired) electrons. The third-order valence-corrected chi connectivity index (χ3v) is 4.93. The number of rotatable bonds is 6. The molecule has 0 aliphatic heterocycles. The van der Waals surface area contributed by atoms with Crippen LogP contribution in [0.15, 0.2) is 48.5 Å². The van der Waals surface area contributed by atoms with Gasteiger partial charge >= 0.3 is 0 Å². The molecule has 9 heteroatoms. The quantitative estimate of drug-likeness (QED) is 0.381. The first-order valence-electron chi connectivity index (χ1n) is 8.69. The molecule has 3 aromatic rings. The zero-order valence-corrected chi connectivity index (χ0v) is 17.6. The maximum atomic E-state index is 12.2. The minimum atomic E-state index is -0.718. The molecule has 0 saturated heterocycles. The highest BCUT2D eigenvalue weighted by Crippen LogP contribution is 2.40. The van der Waals surface area contributed by atoms with E-state index in [9.17, 15) is 20.1 Å². The summed E-state index contributed by atoms with van der Waals surface area (Å²) >= 11 is 17.6. The number of ether oxygens (including phenoxy) is 1. The zero-order valence-electron chi connectivity index (χ0n) is 15.3. The number of aromatic hydroxyl groups is 3. The molecular formula is C21H16Cl3NO5. The van der Waals surface area contributed by atoms with Crippen molar-refractivity contribution in [3.63, 3.8) is 0 Å². The lowest BCUT2D eigenvalue weighted by atomic mass is 10.1. The summed E-state index contributed by atoms with van der Waals surface area (Å²) in [6.07, 6.45) is 0.488. The highest BCUT2D eigenvalue weighted by Gasteiger charge is 2.21. The minimum absolute atomic E-state index is 0.236. The Hall–Kier alpha value is -2.80. The smallest absolute Gasteiger partial charge is 0.258 e. The van der Waals surface area contributed by atoms with Gasteiger partial charge in [0.05, 0.1) is 0 Å². The van der Waals surface area contributed by atoms with Crippen LogP contribution in [0.3, 0.4) is 0 Å². The average Bonchev–Trinajstić information content (AvgIpc) is 2.67. The number of nitrogens with one attached hydrogen (secondary N) is 1. The number of carbonyl (C=O) groups is 1. The van der Waals surface area contributed by atoms with Gasteiger partial charge in [-0.3, -0.25) is 4.79 Å². The van der Waals surface area contributed by atoms with E-state index < -0.39 is 33.7 Å². The number of phenolic OH excluding ortho intramolecular Hbond substituents is 3. The standard InChI is InChI=1S/C21H16Cl3NO5/c22-12-7-13(23)9-15(8-12)30-14-3-1-11(2-4-14)5-6-25-21(29)18-16(26)10-17(27)19(24)20(18)28/h1-4,7-10,26-28H,5-6H2,(H,25,29). The number of benzene rings is 3. The second-order valence-electron chi connectivity index (χ2n) is 6.31. The second-order valence-corrected chi connectivity index (χ2v) is 7.56. The van der Waals surface area contributed by atoms with Crippen molar-refractivity contribution in [3.05, 3.63) is 74.7 Å². The Bertz CT molecular complexity index is 1070. The van der Waals surface area contributed by atoms with Crippen LogP contribution in [0.1, 0.15) is 15.9 Å². The number of amides is 1. The highest BCUT2D eigenvalue weighted by molar-refractivity contribution is 6.35. The lowest BCUT2D eigenvalue weighted by molar-refractivity contribution is 0.0948. The number of hydrogen-bond acceptors (Lipinski definition) is 5. The fourth-order valence-electron chi connectivity index (χ4n) is 2.70. The van der Waals surface area contributed by atoms with Crippen molar-refractivity contribution in [3.8, 4) is 28.7 Å². The zero-order chi connectivity index (χ0) is 21.8. The molecule has 0 atom stereocenters. The number of halogens is 3. The number of phenols is 3. The first-order valence-corrected chi connectivity index (χ1v) is 9.82. The molecule has 0 heterocycles. The maximum Gasteiger partial charge on any atom is 0.258 e. The summed E-state index contributed by atoms with van der Waals surface area (Å²) in [5, 5.41) is 32.2. The van der Waals surface area contributed by atoms with Gasteiger partial charge in [0.2, 0.25) is 0 Å². The monoisotopic (exact) mass is 467 g/mol. The predicted molar refractivity (Wildman–Crippen MR) is 115 cm³/mol. The third-order valence-electron chi connectivity index (χ3n) is 4.12. The topological polar surface area (TPSA) is 99.0 Å². The summed E-state index contributed by atoms with van der Waals surface area (Å²) in [4.78, 5) is 12.2. The van der Waals surface area contributed by atoms with E-state index in [0.717, 1.165) is 11.6 Å². The van der Waals surface area contributed by atoms with Crippen LogP contribution in [0, 0.1) is 0 Å². The summed E-state index contributed by atoms with van der Waals surface area (Å²) < 4.78 is 5.72. The molecule has 1 amide bonds. The van der Waals surface area contributed by atoms with Crippen LogP contribution in [0.2, 0.25) is 15.1 Å². The van der Waals surface area contributed by atoms with Crippen LogP contribution in [0.25, 0.3) is 0 Å². The van der Waals surface area contributed by atoms with E-state index in [-0.39, 0.29) is 6.54 Å². The fourth-order valence-corrected chi connectivity index (χ4v) is 3.35. The molecule has 3 rings (SSSR count). The van der Waals surface area contributed by atoms with Crippen LogP contribution in [0.5, 0.6) is 28.7 Å². The van der Waals surface area contributed by atoms with E-state index >= 15 is 0 Å². The molecule has 30 heavy (non-hydrogen) atoms. The summed E-state index contributed by atoms with van der Waals surface area (Å²) in [7, 11) is 0. The molecule has 0 aliphatic rings. The Balaban J connectivity index is 1.58. The molecule has 4 N–H and O–H groups in total. The Kier molecular flexibility index (Phi) is 6.82. The van der Waals surface area contributed by atoms with Crippen molar-refractivity contribution in [2.45, 2.75) is 6.42 Å². The number of hydrogen-bond donors (Lipinski definition) is 4. The van der Waals surface area contributed by atoms with Gasteiger partial charge in [0.25, 0.3) is 5.91 Å². The highest BCUT2D eigenvalue weighted by atomic mass is 35.5. The second kappa shape index (κ2) is 9.34. The maximum absolute atomic E-state index is 12.2. The SMILES string of the molecule is O=C(NCCc1ccc(Oc2cc(Cl)cc(Cl)c2)cc1)c1c(O)cc(O)c(Cl)c1O. The largest absolute Gasteiger partial charge is 0.507 e. The molecular weight excluding hydrogens is 453 g/mol. The molecule has 0 fully saturated rings. The molecule has 0 unspecified atom stereocenters. The van der Waals surface area contributed by atoms with E-state index in [4.69, 9.17) is 39.5 Å². The van der Waals surface area contributed by atoms with Gasteiger partial charge in [-0.2, -0.15) is 0 Å². The van der Waals surface area contributed by atoms with E-state index in [2.05, 4.69) is 5.32 Å². The first-order chi connectivity index (χ1) is 14.2.